The fraction of sp³-hybridized carbons (Fsp3) is 0.625. The van der Waals surface area contributed by atoms with E-state index in [9.17, 15) is 8.78 Å². The van der Waals surface area contributed by atoms with Gasteiger partial charge in [-0.05, 0) is 98.7 Å². The number of unbranched alkanes of at least 4 members (excludes halogenated alkanes) is 1. The number of hydrogen-bond acceptors (Lipinski definition) is 1. The predicted octanol–water partition coefficient (Wildman–Crippen LogP) is 9.90. The zero-order chi connectivity index (χ0) is 26.4. The molecule has 0 amide bonds. The van der Waals surface area contributed by atoms with Crippen LogP contribution < -0.4 is 0 Å². The zero-order valence-electron chi connectivity index (χ0n) is 22.4. The van der Waals surface area contributed by atoms with Gasteiger partial charge in [-0.2, -0.15) is 0 Å². The summed E-state index contributed by atoms with van der Waals surface area (Å²) in [7, 11) is 0. The number of halogens is 4. The first kappa shape index (κ1) is 28.1. The van der Waals surface area contributed by atoms with Crippen LogP contribution in [0, 0.1) is 29.2 Å². The van der Waals surface area contributed by atoms with Crippen molar-refractivity contribution in [2.45, 2.75) is 122 Å². The first-order valence-electron chi connectivity index (χ1n) is 14.5. The summed E-state index contributed by atoms with van der Waals surface area (Å²) in [6, 6.07) is 6.89. The van der Waals surface area contributed by atoms with Crippen LogP contribution in [0.25, 0.3) is 0 Å². The van der Waals surface area contributed by atoms with E-state index in [-0.39, 0.29) is 30.1 Å². The number of benzene rings is 2. The van der Waals surface area contributed by atoms with Gasteiger partial charge < -0.3 is 4.74 Å². The van der Waals surface area contributed by atoms with E-state index >= 15 is 8.78 Å². The van der Waals surface area contributed by atoms with Gasteiger partial charge in [0.2, 0.25) is 0 Å². The number of aryl methyl sites for hydroxylation is 1. The first-order chi connectivity index (χ1) is 17.9. The highest BCUT2D eigenvalue weighted by Crippen LogP contribution is 2.41. The monoisotopic (exact) mass is 518 g/mol. The Bertz CT molecular complexity index is 1020. The molecule has 0 spiro atoms. The average molecular weight is 519 g/mol. The van der Waals surface area contributed by atoms with E-state index in [1.807, 2.05) is 13.0 Å². The Morgan fingerprint density at radius 2 is 1.19 bits per heavy atom. The van der Waals surface area contributed by atoms with Gasteiger partial charge in [0.1, 0.15) is 0 Å². The van der Waals surface area contributed by atoms with Crippen LogP contribution in [-0.4, -0.2) is 6.10 Å². The summed E-state index contributed by atoms with van der Waals surface area (Å²) in [4.78, 5) is 0. The van der Waals surface area contributed by atoms with Crippen LogP contribution in [0.4, 0.5) is 17.6 Å². The maximum atomic E-state index is 15.2. The fourth-order valence-corrected chi connectivity index (χ4v) is 6.43. The van der Waals surface area contributed by atoms with Gasteiger partial charge in [0.25, 0.3) is 0 Å². The molecule has 2 aromatic rings. The summed E-state index contributed by atoms with van der Waals surface area (Å²) in [6.45, 7) is 4.24. The molecule has 0 aromatic heterocycles. The van der Waals surface area contributed by atoms with E-state index in [1.54, 1.807) is 18.2 Å². The van der Waals surface area contributed by atoms with Gasteiger partial charge in [-0.1, -0.05) is 57.4 Å². The van der Waals surface area contributed by atoms with Crippen molar-refractivity contribution in [2.75, 3.05) is 0 Å². The smallest absolute Gasteiger partial charge is 0.164 e. The van der Waals surface area contributed by atoms with Crippen molar-refractivity contribution in [3.63, 3.8) is 0 Å². The van der Waals surface area contributed by atoms with Gasteiger partial charge in [0.15, 0.2) is 23.3 Å². The summed E-state index contributed by atoms with van der Waals surface area (Å²) in [6.07, 6.45) is 11.4. The molecule has 0 aliphatic heterocycles. The molecule has 37 heavy (non-hydrogen) atoms. The highest BCUT2D eigenvalue weighted by atomic mass is 19.2. The van der Waals surface area contributed by atoms with E-state index in [0.717, 1.165) is 44.4 Å². The second-order valence-corrected chi connectivity index (χ2v) is 11.3. The van der Waals surface area contributed by atoms with Crippen molar-refractivity contribution in [3.8, 4) is 0 Å². The van der Waals surface area contributed by atoms with Crippen molar-refractivity contribution >= 4 is 0 Å². The highest BCUT2D eigenvalue weighted by molar-refractivity contribution is 5.32. The molecule has 204 valence electrons. The molecule has 0 atom stereocenters. The van der Waals surface area contributed by atoms with E-state index in [2.05, 4.69) is 6.92 Å². The Morgan fingerprint density at radius 1 is 0.649 bits per heavy atom. The van der Waals surface area contributed by atoms with Gasteiger partial charge in [-0.3, -0.25) is 0 Å². The van der Waals surface area contributed by atoms with E-state index in [1.165, 1.54) is 12.8 Å². The van der Waals surface area contributed by atoms with Crippen LogP contribution in [0.1, 0.15) is 125 Å². The summed E-state index contributed by atoms with van der Waals surface area (Å²) in [5.41, 5.74) is 1.65. The lowest BCUT2D eigenvalue weighted by Gasteiger charge is -2.31. The molecule has 0 heterocycles. The minimum Gasteiger partial charge on any atom is -0.373 e. The molecular weight excluding hydrogens is 476 g/mol. The van der Waals surface area contributed by atoms with Crippen LogP contribution in [0.5, 0.6) is 0 Å². The Morgan fingerprint density at radius 3 is 1.76 bits per heavy atom. The summed E-state index contributed by atoms with van der Waals surface area (Å²) in [5.74, 6) is -2.13. The predicted molar refractivity (Wildman–Crippen MR) is 141 cm³/mol. The maximum Gasteiger partial charge on any atom is 0.164 e. The second-order valence-electron chi connectivity index (χ2n) is 11.3. The lowest BCUT2D eigenvalue weighted by Crippen LogP contribution is -2.22. The molecule has 0 N–H and O–H groups in total. The van der Waals surface area contributed by atoms with Gasteiger partial charge in [-0.15, -0.1) is 0 Å². The van der Waals surface area contributed by atoms with Crippen molar-refractivity contribution in [3.05, 3.63) is 69.8 Å². The van der Waals surface area contributed by atoms with Crippen molar-refractivity contribution < 1.29 is 22.3 Å². The molecule has 2 aromatic carbocycles. The number of hydrogen-bond donors (Lipinski definition) is 0. The third-order valence-corrected chi connectivity index (χ3v) is 8.76. The molecule has 0 bridgehead atoms. The SMILES string of the molecule is CCCCc1ccc(COC2CCC(c3ccc(C4CCC(CCC)CC4)c(F)c3F)CC2)c(F)c1F. The summed E-state index contributed by atoms with van der Waals surface area (Å²) < 4.78 is 65.1. The lowest BCUT2D eigenvalue weighted by atomic mass is 9.76. The van der Waals surface area contributed by atoms with E-state index in [0.29, 0.717) is 48.8 Å². The molecule has 0 unspecified atom stereocenters. The van der Waals surface area contributed by atoms with E-state index < -0.39 is 23.3 Å². The molecule has 2 fully saturated rings. The van der Waals surface area contributed by atoms with Gasteiger partial charge in [-0.25, -0.2) is 17.6 Å². The van der Waals surface area contributed by atoms with Crippen LogP contribution >= 0.6 is 0 Å². The Kier molecular flexibility index (Phi) is 10.1. The topological polar surface area (TPSA) is 9.23 Å². The lowest BCUT2D eigenvalue weighted by molar-refractivity contribution is 0.0116. The minimum atomic E-state index is -0.821. The largest absolute Gasteiger partial charge is 0.373 e. The van der Waals surface area contributed by atoms with Crippen LogP contribution in [0.15, 0.2) is 24.3 Å². The van der Waals surface area contributed by atoms with Crippen molar-refractivity contribution in [1.82, 2.24) is 0 Å². The van der Waals surface area contributed by atoms with Crippen LogP contribution in [0.3, 0.4) is 0 Å². The standard InChI is InChI=1S/C32H42F4O/c1-3-5-7-24-12-13-25(30(34)29(24)33)20-37-26-16-14-23(15-17-26)28-19-18-27(31(35)32(28)36)22-10-8-21(6-4-2)9-11-22/h12-13,18-19,21-23,26H,3-11,14-17,20H2,1-2H3. The van der Waals surface area contributed by atoms with Crippen LogP contribution in [-0.2, 0) is 17.8 Å². The zero-order valence-corrected chi connectivity index (χ0v) is 22.4. The Hall–Kier alpha value is -1.88. The van der Waals surface area contributed by atoms with Crippen molar-refractivity contribution in [2.24, 2.45) is 5.92 Å². The molecule has 5 heteroatoms. The third-order valence-electron chi connectivity index (χ3n) is 8.76. The Labute approximate surface area is 220 Å². The number of rotatable bonds is 10. The minimum absolute atomic E-state index is 0.0182. The highest BCUT2D eigenvalue weighted by Gasteiger charge is 2.30. The maximum absolute atomic E-state index is 15.2. The summed E-state index contributed by atoms with van der Waals surface area (Å²) >= 11 is 0. The first-order valence-corrected chi connectivity index (χ1v) is 14.5. The molecule has 2 saturated carbocycles. The summed E-state index contributed by atoms with van der Waals surface area (Å²) in [5, 5.41) is 0. The average Bonchev–Trinajstić information content (AvgIpc) is 2.92. The second kappa shape index (κ2) is 13.3. The van der Waals surface area contributed by atoms with Crippen molar-refractivity contribution in [1.29, 1.82) is 0 Å². The van der Waals surface area contributed by atoms with Gasteiger partial charge in [0, 0.05) is 5.56 Å². The third kappa shape index (κ3) is 6.77. The molecule has 0 radical (unpaired) electrons. The molecule has 4 rings (SSSR count). The van der Waals surface area contributed by atoms with Crippen LogP contribution in [0.2, 0.25) is 0 Å². The molecule has 2 aliphatic carbocycles. The molecule has 2 aliphatic rings. The Balaban J connectivity index is 1.30. The molecule has 1 nitrogen and oxygen atoms in total. The normalized spacial score (nSPS) is 24.4. The molecule has 0 saturated heterocycles. The quantitative estimate of drug-likeness (QED) is 0.284. The van der Waals surface area contributed by atoms with Gasteiger partial charge in [0.05, 0.1) is 12.7 Å². The van der Waals surface area contributed by atoms with Gasteiger partial charge >= 0.3 is 0 Å². The van der Waals surface area contributed by atoms with E-state index in [4.69, 9.17) is 4.74 Å². The number of ether oxygens (including phenoxy) is 1. The fourth-order valence-electron chi connectivity index (χ4n) is 6.43. The molecular formula is C32H42F4O.